The second kappa shape index (κ2) is 4.65. The van der Waals surface area contributed by atoms with Gasteiger partial charge in [-0.25, -0.2) is 0 Å². The van der Waals surface area contributed by atoms with E-state index < -0.39 is 6.08 Å². The molecule has 1 aromatic rings. The Bertz CT molecular complexity index is 248. The molecule has 0 unspecified atom stereocenters. The summed E-state index contributed by atoms with van der Waals surface area (Å²) in [5.41, 5.74) is 1.06. The highest BCUT2D eigenvalue weighted by Crippen LogP contribution is 2.05. The molecule has 0 fully saturated rings. The minimum absolute atomic E-state index is 0.395. The predicted octanol–water partition coefficient (Wildman–Crippen LogP) is 3.20. The van der Waals surface area contributed by atoms with Crippen molar-refractivity contribution >= 4 is 0 Å². The van der Waals surface area contributed by atoms with E-state index in [4.69, 9.17) is 0 Å². The Labute approximate surface area is 70.5 Å². The zero-order chi connectivity index (χ0) is 8.81. The van der Waals surface area contributed by atoms with Crippen LogP contribution in [0.1, 0.15) is 12.0 Å². The minimum atomic E-state index is -1.60. The molecule has 12 heavy (non-hydrogen) atoms. The van der Waals surface area contributed by atoms with Crippen LogP contribution >= 0.6 is 0 Å². The molecule has 0 bridgehead atoms. The largest absolute Gasteiger partial charge is 0.266 e. The first-order valence-electron chi connectivity index (χ1n) is 3.75. The van der Waals surface area contributed by atoms with Crippen LogP contribution in [0.4, 0.5) is 8.78 Å². The lowest BCUT2D eigenvalue weighted by Gasteiger charge is -1.94. The average Bonchev–Trinajstić information content (AvgIpc) is 2.05. The van der Waals surface area contributed by atoms with Gasteiger partial charge < -0.3 is 0 Å². The van der Waals surface area contributed by atoms with E-state index >= 15 is 0 Å². The molecule has 0 aliphatic heterocycles. The Morgan fingerprint density at radius 1 is 1.33 bits per heavy atom. The first-order chi connectivity index (χ1) is 5.79. The lowest BCUT2D eigenvalue weighted by molar-refractivity contribution is 0.417. The van der Waals surface area contributed by atoms with Crippen molar-refractivity contribution in [3.63, 3.8) is 0 Å². The highest BCUT2D eigenvalue weighted by molar-refractivity contribution is 5.14. The Hall–Kier alpha value is -1.18. The summed E-state index contributed by atoms with van der Waals surface area (Å²) in [6.07, 6.45) is 0.396. The number of halogens is 2. The van der Waals surface area contributed by atoms with Crippen molar-refractivity contribution in [1.29, 1.82) is 0 Å². The van der Waals surface area contributed by atoms with Gasteiger partial charge in [0.2, 0.25) is 0 Å². The molecular formula is C10H9F2. The van der Waals surface area contributed by atoms with Gasteiger partial charge in [-0.3, -0.25) is 0 Å². The van der Waals surface area contributed by atoms with Crippen molar-refractivity contribution in [2.45, 2.75) is 12.8 Å². The van der Waals surface area contributed by atoms with E-state index in [0.717, 1.165) is 11.6 Å². The topological polar surface area (TPSA) is 0 Å². The van der Waals surface area contributed by atoms with Crippen molar-refractivity contribution in [3.8, 4) is 0 Å². The van der Waals surface area contributed by atoms with Crippen LogP contribution < -0.4 is 0 Å². The summed E-state index contributed by atoms with van der Waals surface area (Å²) in [6, 6.07) is 10.2. The molecule has 1 radical (unpaired) electrons. The molecule has 1 aromatic carbocycles. The molecule has 0 saturated heterocycles. The number of rotatable bonds is 3. The van der Waals surface area contributed by atoms with Crippen LogP contribution in [0.25, 0.3) is 0 Å². The third-order valence-electron chi connectivity index (χ3n) is 1.52. The van der Waals surface area contributed by atoms with E-state index in [1.807, 2.05) is 12.1 Å². The van der Waals surface area contributed by atoms with Crippen molar-refractivity contribution < 1.29 is 8.78 Å². The van der Waals surface area contributed by atoms with Crippen molar-refractivity contribution in [3.05, 3.63) is 48.1 Å². The van der Waals surface area contributed by atoms with Crippen LogP contribution in [0.15, 0.2) is 36.4 Å². The second-order valence-corrected chi connectivity index (χ2v) is 2.44. The van der Waals surface area contributed by atoms with Gasteiger partial charge in [0.25, 0.3) is 6.08 Å². The fourth-order valence-electron chi connectivity index (χ4n) is 0.936. The summed E-state index contributed by atoms with van der Waals surface area (Å²) < 4.78 is 23.2. The lowest BCUT2D eigenvalue weighted by atomic mass is 10.1. The van der Waals surface area contributed by atoms with Gasteiger partial charge in [-0.05, 0) is 30.5 Å². The van der Waals surface area contributed by atoms with Crippen LogP contribution in [-0.4, -0.2) is 0 Å². The fourth-order valence-corrected chi connectivity index (χ4v) is 0.936. The Morgan fingerprint density at radius 3 is 2.58 bits per heavy atom. The Morgan fingerprint density at radius 2 is 2.00 bits per heavy atom. The fraction of sp³-hybridized carbons (Fsp3) is 0.200. The first kappa shape index (κ1) is 8.91. The highest BCUT2D eigenvalue weighted by Gasteiger charge is 1.91. The van der Waals surface area contributed by atoms with E-state index in [0.29, 0.717) is 12.8 Å². The molecule has 0 aliphatic carbocycles. The van der Waals surface area contributed by atoms with Gasteiger partial charge in [0.05, 0.1) is 0 Å². The number of hydrogen-bond donors (Lipinski definition) is 0. The summed E-state index contributed by atoms with van der Waals surface area (Å²) in [6.45, 7) is 0. The number of benzene rings is 1. The molecule has 0 spiro atoms. The normalized spacial score (nSPS) is 9.50. The molecule has 0 heterocycles. The number of aryl methyl sites for hydroxylation is 1. The van der Waals surface area contributed by atoms with Gasteiger partial charge in [-0.1, -0.05) is 24.3 Å². The SMILES string of the molecule is FC(F)=CCCc1cc[c]cc1. The van der Waals surface area contributed by atoms with Gasteiger partial charge in [-0.15, -0.1) is 0 Å². The number of allylic oxidation sites excluding steroid dienone is 1. The van der Waals surface area contributed by atoms with E-state index in [2.05, 4.69) is 6.07 Å². The van der Waals surface area contributed by atoms with Crippen LogP contribution in [0.3, 0.4) is 0 Å². The molecule has 0 aliphatic rings. The molecule has 1 rings (SSSR count). The maximum absolute atomic E-state index is 11.6. The third kappa shape index (κ3) is 3.28. The predicted molar refractivity (Wildman–Crippen MR) is 43.9 cm³/mol. The maximum Gasteiger partial charge on any atom is 0.266 e. The summed E-state index contributed by atoms with van der Waals surface area (Å²) in [5.74, 6) is 0. The molecule has 0 atom stereocenters. The van der Waals surface area contributed by atoms with Gasteiger partial charge in [0.15, 0.2) is 0 Å². The molecular weight excluding hydrogens is 158 g/mol. The maximum atomic E-state index is 11.6. The summed E-state index contributed by atoms with van der Waals surface area (Å²) in [4.78, 5) is 0. The third-order valence-corrected chi connectivity index (χ3v) is 1.52. The molecule has 0 saturated carbocycles. The van der Waals surface area contributed by atoms with Gasteiger partial charge in [-0.2, -0.15) is 8.78 Å². The quantitative estimate of drug-likeness (QED) is 0.648. The van der Waals surface area contributed by atoms with Gasteiger partial charge >= 0.3 is 0 Å². The molecule has 0 nitrogen and oxygen atoms in total. The smallest absolute Gasteiger partial charge is 0.174 e. The Balaban J connectivity index is 2.39. The van der Waals surface area contributed by atoms with Crippen LogP contribution in [0.2, 0.25) is 0 Å². The van der Waals surface area contributed by atoms with Crippen molar-refractivity contribution in [1.82, 2.24) is 0 Å². The monoisotopic (exact) mass is 167 g/mol. The standard InChI is InChI=1S/C10H9F2/c11-10(12)8-4-7-9-5-2-1-3-6-9/h2-3,5-6,8H,4,7H2. The summed E-state index contributed by atoms with van der Waals surface area (Å²) in [7, 11) is 0. The molecule has 2 heteroatoms. The zero-order valence-electron chi connectivity index (χ0n) is 6.56. The first-order valence-corrected chi connectivity index (χ1v) is 3.75. The number of hydrogen-bond acceptors (Lipinski definition) is 0. The Kier molecular flexibility index (Phi) is 3.45. The van der Waals surface area contributed by atoms with Gasteiger partial charge in [0, 0.05) is 0 Å². The summed E-state index contributed by atoms with van der Waals surface area (Å²) >= 11 is 0. The van der Waals surface area contributed by atoms with Crippen LogP contribution in [0.5, 0.6) is 0 Å². The zero-order valence-corrected chi connectivity index (χ0v) is 6.56. The summed E-state index contributed by atoms with van der Waals surface area (Å²) in [5, 5.41) is 0. The highest BCUT2D eigenvalue weighted by atomic mass is 19.3. The molecule has 0 N–H and O–H groups in total. The van der Waals surface area contributed by atoms with E-state index in [1.54, 1.807) is 12.1 Å². The van der Waals surface area contributed by atoms with Gasteiger partial charge in [0.1, 0.15) is 0 Å². The van der Waals surface area contributed by atoms with Crippen molar-refractivity contribution in [2.75, 3.05) is 0 Å². The van der Waals surface area contributed by atoms with E-state index in [-0.39, 0.29) is 0 Å². The molecule has 63 valence electrons. The average molecular weight is 167 g/mol. The second-order valence-electron chi connectivity index (χ2n) is 2.44. The van der Waals surface area contributed by atoms with Crippen molar-refractivity contribution in [2.24, 2.45) is 0 Å². The molecule has 0 amide bonds. The van der Waals surface area contributed by atoms with E-state index in [9.17, 15) is 8.78 Å². The van der Waals surface area contributed by atoms with Crippen LogP contribution in [0, 0.1) is 6.07 Å². The minimum Gasteiger partial charge on any atom is -0.174 e. The van der Waals surface area contributed by atoms with E-state index in [1.165, 1.54) is 0 Å². The lowest BCUT2D eigenvalue weighted by Crippen LogP contribution is -1.81. The van der Waals surface area contributed by atoms with Crippen LogP contribution in [-0.2, 0) is 6.42 Å². The molecule has 0 aromatic heterocycles.